The van der Waals surface area contributed by atoms with Crippen molar-refractivity contribution < 1.29 is 52.0 Å². The summed E-state index contributed by atoms with van der Waals surface area (Å²) in [6.45, 7) is -1.37. The highest BCUT2D eigenvalue weighted by atomic mass is 31.2. The van der Waals surface area contributed by atoms with Crippen molar-refractivity contribution in [3.05, 3.63) is 29.3 Å². The molecule has 4 unspecified atom stereocenters. The average molecular weight is 686 g/mol. The second-order valence-electron chi connectivity index (χ2n) is 10.8. The molecule has 7 rings (SSSR count). The maximum atomic E-state index is 13.3. The number of nitrogens with one attached hydrogen (secondary N) is 2. The number of aliphatic hydroxyl groups excluding tert-OH is 2. The Hall–Kier alpha value is -3.40. The fraction of sp³-hybridized carbons (Fsp3) is 0.545. The van der Waals surface area contributed by atoms with Gasteiger partial charge in [-0.2, -0.15) is 4.98 Å². The van der Waals surface area contributed by atoms with E-state index in [-0.39, 0.29) is 29.2 Å². The zero-order valence-electron chi connectivity index (χ0n) is 23.6. The van der Waals surface area contributed by atoms with Gasteiger partial charge < -0.3 is 40.4 Å². The van der Waals surface area contributed by atoms with Gasteiger partial charge in [0.1, 0.15) is 36.3 Å². The van der Waals surface area contributed by atoms with Gasteiger partial charge in [-0.05, 0) is 6.42 Å². The van der Waals surface area contributed by atoms with Gasteiger partial charge in [0.05, 0.1) is 38.0 Å². The summed E-state index contributed by atoms with van der Waals surface area (Å²) in [5.41, 5.74) is 5.54. The molecule has 0 radical (unpaired) electrons. The van der Waals surface area contributed by atoms with E-state index in [0.29, 0.717) is 11.3 Å². The number of phosphoric acid groups is 2. The van der Waals surface area contributed by atoms with Crippen molar-refractivity contribution in [2.75, 3.05) is 31.3 Å². The highest BCUT2D eigenvalue weighted by Crippen LogP contribution is 2.55. The number of aromatic nitrogens is 8. The van der Waals surface area contributed by atoms with Crippen LogP contribution < -0.4 is 16.6 Å². The molecule has 248 valence electrons. The predicted octanol–water partition coefficient (Wildman–Crippen LogP) is -1.22. The van der Waals surface area contributed by atoms with Gasteiger partial charge in [0.2, 0.25) is 5.95 Å². The summed E-state index contributed by atoms with van der Waals surface area (Å²) in [6.07, 6.45) is -5.33. The molecular weight excluding hydrogens is 658 g/mol. The Morgan fingerprint density at radius 3 is 2.41 bits per heavy atom. The molecule has 46 heavy (non-hydrogen) atoms. The summed E-state index contributed by atoms with van der Waals surface area (Å²) in [7, 11) is -8.38. The quantitative estimate of drug-likeness (QED) is 0.124. The second kappa shape index (κ2) is 11.4. The van der Waals surface area contributed by atoms with E-state index in [1.54, 1.807) is 7.05 Å². The lowest BCUT2D eigenvalue weighted by Crippen LogP contribution is -2.36. The number of aliphatic hydroxyl groups is 2. The number of ether oxygens (including phenoxy) is 1. The largest absolute Gasteiger partial charge is 0.472 e. The molecular formula is C22H28N10O12P2. The van der Waals surface area contributed by atoms with Gasteiger partial charge in [0.25, 0.3) is 5.56 Å². The summed E-state index contributed by atoms with van der Waals surface area (Å²) < 4.78 is 56.3. The first-order valence-electron chi connectivity index (χ1n) is 13.8. The molecule has 2 aliphatic heterocycles. The number of hydrogen-bond acceptors (Lipinski definition) is 17. The molecule has 22 nitrogen and oxygen atoms in total. The third-order valence-corrected chi connectivity index (χ3v) is 10.1. The number of fused-ring (bicyclic) bond motifs is 5. The van der Waals surface area contributed by atoms with E-state index in [4.69, 9.17) is 28.6 Å². The summed E-state index contributed by atoms with van der Waals surface area (Å²) in [6, 6.07) is -0.992. The zero-order valence-corrected chi connectivity index (χ0v) is 25.4. The standard InChI is InChI=1S/C22H28N10O12P2/c1-24-17-11-18(26-5-25-17)32(7-27-11)21-14(34)16-10(42-21)4-41-46(38,39)43-15-9(2-8(13(15)33)3-40-45(36,37)44-16)31-6-28-12-19(31)29-22(23)30-20(12)35/h5-10,13-16,21,33-34H,2-4H2,1H3,(H,36,37)(H,38,39)(H,24,25,26)(H3,23,29,30,35)/t8-,9-,10-,13?,14+,15-,16?,21-/m1/s1. The second-order valence-corrected chi connectivity index (χ2v) is 13.7. The molecule has 1 saturated carbocycles. The zero-order chi connectivity index (χ0) is 32.5. The van der Waals surface area contributed by atoms with E-state index in [0.717, 1.165) is 0 Å². The van der Waals surface area contributed by atoms with E-state index in [1.807, 2.05) is 0 Å². The van der Waals surface area contributed by atoms with Crippen molar-refractivity contribution in [1.82, 2.24) is 39.0 Å². The minimum atomic E-state index is -5.03. The highest BCUT2D eigenvalue weighted by Gasteiger charge is 2.53. The van der Waals surface area contributed by atoms with Crippen LogP contribution in [-0.4, -0.2) is 110 Å². The SMILES string of the molecule is CNc1ncnc2c1ncn2[C@@H]1O[C@@H]2COP(=O)(O)O[C@H]3C(O)[C@@H](COP(=O)(O)OC2[C@@H]1O)C[C@H]3n1cnc2c(=O)[nH]c(N)nc21. The molecule has 0 amide bonds. The molecule has 4 aromatic heterocycles. The Labute approximate surface area is 256 Å². The van der Waals surface area contributed by atoms with Gasteiger partial charge in [-0.1, -0.05) is 0 Å². The Bertz CT molecular complexity index is 1950. The monoisotopic (exact) mass is 686 g/mol. The topological polar surface area (TPSA) is 306 Å². The van der Waals surface area contributed by atoms with Crippen LogP contribution in [-0.2, 0) is 32.0 Å². The lowest BCUT2D eigenvalue weighted by molar-refractivity contribution is -0.0552. The van der Waals surface area contributed by atoms with E-state index < -0.39 is 83.1 Å². The molecule has 24 heteroatoms. The maximum absolute atomic E-state index is 13.3. The number of nitrogens with zero attached hydrogens (tertiary/aromatic N) is 7. The number of hydrogen-bond donors (Lipinski definition) is 7. The van der Waals surface area contributed by atoms with Crippen LogP contribution >= 0.6 is 15.6 Å². The fourth-order valence-corrected chi connectivity index (χ4v) is 7.98. The number of rotatable bonds is 3. The first-order chi connectivity index (χ1) is 21.9. The number of anilines is 2. The lowest BCUT2D eigenvalue weighted by atomic mass is 10.1. The molecule has 1 aliphatic carbocycles. The van der Waals surface area contributed by atoms with Crippen LogP contribution in [0.3, 0.4) is 0 Å². The summed E-state index contributed by atoms with van der Waals surface area (Å²) in [5, 5.41) is 25.2. The third kappa shape index (κ3) is 5.40. The van der Waals surface area contributed by atoms with Gasteiger partial charge in [-0.15, -0.1) is 0 Å². The van der Waals surface area contributed by atoms with E-state index in [2.05, 4.69) is 35.2 Å². The van der Waals surface area contributed by atoms with Crippen molar-refractivity contribution in [3.63, 3.8) is 0 Å². The molecule has 6 heterocycles. The summed E-state index contributed by atoms with van der Waals surface area (Å²) in [5.74, 6) is -0.810. The Balaban J connectivity index is 1.20. The van der Waals surface area contributed by atoms with Crippen LogP contribution in [0.2, 0.25) is 0 Å². The van der Waals surface area contributed by atoms with E-state index in [9.17, 15) is 33.9 Å². The summed E-state index contributed by atoms with van der Waals surface area (Å²) in [4.78, 5) is 56.7. The van der Waals surface area contributed by atoms with Crippen LogP contribution in [0.1, 0.15) is 18.7 Å². The van der Waals surface area contributed by atoms with E-state index >= 15 is 0 Å². The Morgan fingerprint density at radius 2 is 1.65 bits per heavy atom. The fourth-order valence-electron chi connectivity index (χ4n) is 6.00. The smallest absolute Gasteiger partial charge is 0.390 e. The van der Waals surface area contributed by atoms with Gasteiger partial charge in [-0.3, -0.25) is 32.4 Å². The van der Waals surface area contributed by atoms with Crippen molar-refractivity contribution in [1.29, 1.82) is 0 Å². The lowest BCUT2D eigenvalue weighted by Gasteiger charge is -2.26. The van der Waals surface area contributed by atoms with Gasteiger partial charge in [0.15, 0.2) is 28.9 Å². The number of H-pyrrole nitrogens is 1. The minimum absolute atomic E-state index is 0.000880. The van der Waals surface area contributed by atoms with Crippen molar-refractivity contribution in [3.8, 4) is 0 Å². The van der Waals surface area contributed by atoms with Gasteiger partial charge in [0, 0.05) is 13.0 Å². The van der Waals surface area contributed by atoms with Gasteiger partial charge in [-0.25, -0.2) is 29.1 Å². The Kier molecular flexibility index (Phi) is 7.73. The molecule has 8 N–H and O–H groups in total. The number of nitrogen functional groups attached to an aromatic ring is 1. The van der Waals surface area contributed by atoms with Crippen molar-refractivity contribution in [2.45, 2.75) is 49.2 Å². The first kappa shape index (κ1) is 31.2. The Morgan fingerprint density at radius 1 is 0.957 bits per heavy atom. The summed E-state index contributed by atoms with van der Waals surface area (Å²) >= 11 is 0. The first-order valence-corrected chi connectivity index (χ1v) is 16.8. The molecule has 2 saturated heterocycles. The van der Waals surface area contributed by atoms with Crippen LogP contribution in [0.15, 0.2) is 23.8 Å². The number of imidazole rings is 2. The number of phosphoric ester groups is 2. The molecule has 3 aliphatic rings. The molecule has 4 aromatic rings. The van der Waals surface area contributed by atoms with Crippen LogP contribution in [0.25, 0.3) is 22.3 Å². The van der Waals surface area contributed by atoms with Crippen LogP contribution in [0.4, 0.5) is 11.8 Å². The highest BCUT2D eigenvalue weighted by molar-refractivity contribution is 7.47. The number of nitrogens with two attached hydrogens (primary N) is 1. The van der Waals surface area contributed by atoms with Crippen LogP contribution in [0.5, 0.6) is 0 Å². The minimum Gasteiger partial charge on any atom is -0.390 e. The molecule has 2 bridgehead atoms. The van der Waals surface area contributed by atoms with Crippen LogP contribution in [0, 0.1) is 5.92 Å². The number of aromatic amines is 1. The normalized spacial score (nSPS) is 37.1. The van der Waals surface area contributed by atoms with Crippen molar-refractivity contribution >= 4 is 49.7 Å². The maximum Gasteiger partial charge on any atom is 0.472 e. The average Bonchev–Trinajstić information content (AvgIpc) is 3.76. The molecule has 0 spiro atoms. The van der Waals surface area contributed by atoms with Gasteiger partial charge >= 0.3 is 15.6 Å². The van der Waals surface area contributed by atoms with Crippen molar-refractivity contribution in [2.24, 2.45) is 5.92 Å². The predicted molar refractivity (Wildman–Crippen MR) is 152 cm³/mol. The molecule has 10 atom stereocenters. The molecule has 0 aromatic carbocycles. The van der Waals surface area contributed by atoms with E-state index in [1.165, 1.54) is 28.1 Å². The molecule has 3 fully saturated rings. The third-order valence-electron chi connectivity index (χ3n) is 8.09.